The van der Waals surface area contributed by atoms with Gasteiger partial charge >= 0.3 is 0 Å². The number of nitrogens with zero attached hydrogens (tertiary/aromatic N) is 4. The number of pyridine rings is 1. The number of rotatable bonds is 2. The smallest absolute Gasteiger partial charge is 0.155 e. The Labute approximate surface area is 145 Å². The van der Waals surface area contributed by atoms with Crippen molar-refractivity contribution in [3.05, 3.63) is 59.6 Å². The highest BCUT2D eigenvalue weighted by Gasteiger charge is 2.19. The summed E-state index contributed by atoms with van der Waals surface area (Å²) in [6.07, 6.45) is 6.63. The lowest BCUT2D eigenvalue weighted by Gasteiger charge is -2.06. The number of allylic oxidation sites excluding steroid dienone is 4. The molecule has 0 amide bonds. The number of hydrogen-bond donors (Lipinski definition) is 1. The topological polar surface area (TPSA) is 69.1 Å². The molecule has 0 saturated heterocycles. The first-order valence-electron chi connectivity index (χ1n) is 8.08. The molecule has 3 heterocycles. The van der Waals surface area contributed by atoms with E-state index in [4.69, 9.17) is 10.7 Å². The van der Waals surface area contributed by atoms with Crippen molar-refractivity contribution in [2.45, 2.75) is 20.3 Å². The lowest BCUT2D eigenvalue weighted by Crippen LogP contribution is -1.98. The summed E-state index contributed by atoms with van der Waals surface area (Å²) in [7, 11) is 0. The summed E-state index contributed by atoms with van der Waals surface area (Å²) in [4.78, 5) is 8.89. The van der Waals surface area contributed by atoms with Gasteiger partial charge in [-0.1, -0.05) is 23.5 Å². The van der Waals surface area contributed by atoms with Crippen LogP contribution in [0.25, 0.3) is 22.5 Å². The van der Waals surface area contributed by atoms with E-state index in [1.54, 1.807) is 6.20 Å². The maximum absolute atomic E-state index is 5.90. The third-order valence-corrected chi connectivity index (χ3v) is 4.04. The van der Waals surface area contributed by atoms with E-state index in [1.165, 1.54) is 0 Å². The average molecular weight is 327 g/mol. The van der Waals surface area contributed by atoms with Gasteiger partial charge in [-0.25, -0.2) is 14.5 Å². The Morgan fingerprint density at radius 1 is 1.20 bits per heavy atom. The molecule has 5 heteroatoms. The van der Waals surface area contributed by atoms with Crippen LogP contribution in [0.4, 0.5) is 5.82 Å². The molecule has 1 aliphatic carbocycles. The van der Waals surface area contributed by atoms with Crippen molar-refractivity contribution in [2.75, 3.05) is 5.73 Å². The van der Waals surface area contributed by atoms with Crippen molar-refractivity contribution < 1.29 is 0 Å². The van der Waals surface area contributed by atoms with Gasteiger partial charge in [-0.15, -0.1) is 0 Å². The third-order valence-electron chi connectivity index (χ3n) is 4.04. The molecule has 0 unspecified atom stereocenters. The Balaban J connectivity index is 2.05. The minimum absolute atomic E-state index is 0.461. The maximum atomic E-state index is 5.90. The van der Waals surface area contributed by atoms with E-state index < -0.39 is 0 Å². The molecule has 4 rings (SSSR count). The summed E-state index contributed by atoms with van der Waals surface area (Å²) in [6, 6.07) is 7.67. The molecule has 1 aliphatic rings. The van der Waals surface area contributed by atoms with Crippen LogP contribution in [0, 0.1) is 18.8 Å². The van der Waals surface area contributed by atoms with E-state index in [-0.39, 0.29) is 0 Å². The molecule has 122 valence electrons. The minimum Gasteiger partial charge on any atom is -0.384 e. The van der Waals surface area contributed by atoms with E-state index in [2.05, 4.69) is 41.0 Å². The van der Waals surface area contributed by atoms with Gasteiger partial charge in [0, 0.05) is 18.2 Å². The fourth-order valence-corrected chi connectivity index (χ4v) is 2.88. The Morgan fingerprint density at radius 2 is 2.08 bits per heavy atom. The Bertz CT molecular complexity index is 1110. The van der Waals surface area contributed by atoms with Gasteiger partial charge in [0.2, 0.25) is 0 Å². The van der Waals surface area contributed by atoms with Gasteiger partial charge in [0.1, 0.15) is 17.2 Å². The van der Waals surface area contributed by atoms with E-state index in [0.29, 0.717) is 5.82 Å². The van der Waals surface area contributed by atoms with Crippen molar-refractivity contribution in [1.82, 2.24) is 19.6 Å². The molecule has 0 bridgehead atoms. The van der Waals surface area contributed by atoms with E-state index in [9.17, 15) is 0 Å². The molecule has 0 spiro atoms. The number of anilines is 1. The first kappa shape index (κ1) is 15.2. The zero-order valence-corrected chi connectivity index (χ0v) is 14.1. The van der Waals surface area contributed by atoms with Gasteiger partial charge in [0.15, 0.2) is 5.65 Å². The van der Waals surface area contributed by atoms with Crippen LogP contribution in [0.15, 0.2) is 48.2 Å². The molecule has 0 radical (unpaired) electrons. The molecule has 0 aliphatic heterocycles. The number of hydrogen-bond acceptors (Lipinski definition) is 4. The highest BCUT2D eigenvalue weighted by Crippen LogP contribution is 2.31. The molecule has 5 nitrogen and oxygen atoms in total. The Hall–Kier alpha value is -3.39. The van der Waals surface area contributed by atoms with Crippen LogP contribution in [0.2, 0.25) is 0 Å². The van der Waals surface area contributed by atoms with Crippen LogP contribution in [0.5, 0.6) is 0 Å². The van der Waals surface area contributed by atoms with Crippen LogP contribution in [-0.2, 0) is 0 Å². The SMILES string of the molecule is CC1=CCC#CC(c2nc3ccc(C)nn3c2-c2ccnc(N)c2)=C1. The summed E-state index contributed by atoms with van der Waals surface area (Å²) in [5.41, 5.74) is 12.2. The van der Waals surface area contributed by atoms with Gasteiger partial charge in [-0.05, 0) is 44.2 Å². The minimum atomic E-state index is 0.461. The number of aryl methyl sites for hydroxylation is 1. The third kappa shape index (κ3) is 2.79. The van der Waals surface area contributed by atoms with Crippen molar-refractivity contribution in [3.63, 3.8) is 0 Å². The van der Waals surface area contributed by atoms with Crippen molar-refractivity contribution >= 4 is 17.0 Å². The number of fused-ring (bicyclic) bond motifs is 1. The number of nitrogens with two attached hydrogens (primary N) is 1. The maximum Gasteiger partial charge on any atom is 0.155 e. The molecular formula is C20H17N5. The van der Waals surface area contributed by atoms with Gasteiger partial charge in [-0.2, -0.15) is 5.10 Å². The van der Waals surface area contributed by atoms with Crippen molar-refractivity contribution in [3.8, 4) is 23.1 Å². The van der Waals surface area contributed by atoms with Gasteiger partial charge in [-0.3, -0.25) is 0 Å². The fraction of sp³-hybridized carbons (Fsp3) is 0.150. The number of aromatic nitrogens is 4. The molecule has 25 heavy (non-hydrogen) atoms. The largest absolute Gasteiger partial charge is 0.384 e. The summed E-state index contributed by atoms with van der Waals surface area (Å²) in [6.45, 7) is 4.03. The highest BCUT2D eigenvalue weighted by molar-refractivity contribution is 5.88. The average Bonchev–Trinajstić information content (AvgIpc) is 2.82. The zero-order valence-electron chi connectivity index (χ0n) is 14.1. The second kappa shape index (κ2) is 5.91. The van der Waals surface area contributed by atoms with Crippen LogP contribution in [-0.4, -0.2) is 19.6 Å². The molecule has 3 aromatic rings. The predicted octanol–water partition coefficient (Wildman–Crippen LogP) is 3.42. The standard InChI is InChI=1S/C20H17N5/c1-13-5-3-4-6-15(11-13)19-20(16-9-10-22-17(21)12-16)25-18(23-19)8-7-14(2)24-25/h5,7-12H,3H2,1-2H3,(H2,21,22). The lowest BCUT2D eigenvalue weighted by atomic mass is 10.0. The van der Waals surface area contributed by atoms with Gasteiger partial charge in [0.25, 0.3) is 0 Å². The monoisotopic (exact) mass is 327 g/mol. The van der Waals surface area contributed by atoms with Crippen LogP contribution in [0.1, 0.15) is 24.7 Å². The van der Waals surface area contributed by atoms with Crippen LogP contribution < -0.4 is 5.73 Å². The van der Waals surface area contributed by atoms with E-state index >= 15 is 0 Å². The summed E-state index contributed by atoms with van der Waals surface area (Å²) in [5.74, 6) is 6.87. The van der Waals surface area contributed by atoms with Gasteiger partial charge in [0.05, 0.1) is 11.3 Å². The van der Waals surface area contributed by atoms with Crippen molar-refractivity contribution in [1.29, 1.82) is 0 Å². The summed E-state index contributed by atoms with van der Waals surface area (Å²) in [5, 5.41) is 4.64. The molecular weight excluding hydrogens is 310 g/mol. The number of imidazole rings is 1. The molecule has 0 saturated carbocycles. The Morgan fingerprint density at radius 3 is 2.92 bits per heavy atom. The van der Waals surface area contributed by atoms with Gasteiger partial charge < -0.3 is 5.73 Å². The van der Waals surface area contributed by atoms with Crippen LogP contribution >= 0.6 is 0 Å². The lowest BCUT2D eigenvalue weighted by molar-refractivity contribution is 0.907. The molecule has 0 atom stereocenters. The summed E-state index contributed by atoms with van der Waals surface area (Å²) >= 11 is 0. The van der Waals surface area contributed by atoms with E-state index in [1.807, 2.05) is 35.7 Å². The predicted molar refractivity (Wildman–Crippen MR) is 99.5 cm³/mol. The molecule has 3 aromatic heterocycles. The fourth-order valence-electron chi connectivity index (χ4n) is 2.88. The quantitative estimate of drug-likeness (QED) is 0.732. The second-order valence-electron chi connectivity index (χ2n) is 6.04. The normalized spacial score (nSPS) is 13.7. The first-order chi connectivity index (χ1) is 12.1. The number of nitrogen functional groups attached to an aromatic ring is 1. The van der Waals surface area contributed by atoms with Crippen molar-refractivity contribution in [2.24, 2.45) is 0 Å². The Kier molecular flexibility index (Phi) is 3.58. The molecule has 2 N–H and O–H groups in total. The molecule has 0 aromatic carbocycles. The summed E-state index contributed by atoms with van der Waals surface area (Å²) < 4.78 is 1.85. The molecule has 0 fully saturated rings. The van der Waals surface area contributed by atoms with E-state index in [0.717, 1.165) is 45.9 Å². The van der Waals surface area contributed by atoms with Crippen LogP contribution in [0.3, 0.4) is 0 Å². The zero-order chi connectivity index (χ0) is 17.4. The highest BCUT2D eigenvalue weighted by atomic mass is 15.3. The second-order valence-corrected chi connectivity index (χ2v) is 6.04. The first-order valence-corrected chi connectivity index (χ1v) is 8.08.